The third kappa shape index (κ3) is 2.94. The highest BCUT2D eigenvalue weighted by molar-refractivity contribution is 7.08. The van der Waals surface area contributed by atoms with Gasteiger partial charge < -0.3 is 4.74 Å². The van der Waals surface area contributed by atoms with E-state index in [0.717, 1.165) is 0 Å². The molecule has 0 saturated heterocycles. The van der Waals surface area contributed by atoms with Crippen molar-refractivity contribution >= 4 is 28.8 Å². The molecule has 1 aromatic heterocycles. The van der Waals surface area contributed by atoms with Crippen molar-refractivity contribution in [3.8, 4) is 5.75 Å². The highest BCUT2D eigenvalue weighted by Gasteiger charge is 2.21. The van der Waals surface area contributed by atoms with Crippen LogP contribution in [-0.4, -0.2) is 17.6 Å². The molecule has 20 heavy (non-hydrogen) atoms. The first-order chi connectivity index (χ1) is 9.63. The van der Waals surface area contributed by atoms with E-state index in [1.54, 1.807) is 19.1 Å². The quantitative estimate of drug-likeness (QED) is 0.636. The molecular weight excluding hydrogens is 280 g/mol. The molecular formula is C13H12N2O4S. The molecule has 1 amide bonds. The van der Waals surface area contributed by atoms with Gasteiger partial charge in [-0.2, -0.15) is 11.3 Å². The topological polar surface area (TPSA) is 72.7 Å². The second-order valence-corrected chi connectivity index (χ2v) is 4.60. The van der Waals surface area contributed by atoms with Gasteiger partial charge >= 0.3 is 11.8 Å². The Morgan fingerprint density at radius 1 is 1.40 bits per heavy atom. The van der Waals surface area contributed by atoms with E-state index in [-0.39, 0.29) is 11.4 Å². The summed E-state index contributed by atoms with van der Waals surface area (Å²) in [7, 11) is 0. The van der Waals surface area contributed by atoms with E-state index in [2.05, 4.69) is 0 Å². The molecule has 0 fully saturated rings. The van der Waals surface area contributed by atoms with Crippen molar-refractivity contribution in [2.45, 2.75) is 6.92 Å². The number of ether oxygens (including phenoxy) is 1. The Balaban J connectivity index is 2.21. The van der Waals surface area contributed by atoms with Gasteiger partial charge in [0, 0.05) is 18.0 Å². The van der Waals surface area contributed by atoms with Crippen LogP contribution in [0.3, 0.4) is 0 Å². The number of nitro benzene ring substituents is 1. The standard InChI is InChI=1S/C13H12N2O4S/c1-2-14(10-7-8-20-9-10)13(16)19-12-6-4-3-5-11(12)15(17)18/h3-9H,2H2,1H3. The largest absolute Gasteiger partial charge is 0.420 e. The van der Waals surface area contributed by atoms with Crippen LogP contribution >= 0.6 is 11.3 Å². The summed E-state index contributed by atoms with van der Waals surface area (Å²) >= 11 is 1.46. The number of rotatable bonds is 4. The first-order valence-corrected chi connectivity index (χ1v) is 6.82. The fourth-order valence-electron chi connectivity index (χ4n) is 1.67. The highest BCUT2D eigenvalue weighted by atomic mass is 32.1. The minimum atomic E-state index is -0.639. The summed E-state index contributed by atoms with van der Waals surface area (Å²) in [5, 5.41) is 14.5. The number of nitro groups is 1. The molecule has 0 radical (unpaired) electrons. The van der Waals surface area contributed by atoms with Crippen molar-refractivity contribution in [1.29, 1.82) is 0 Å². The van der Waals surface area contributed by atoms with Crippen LogP contribution in [0.2, 0.25) is 0 Å². The Labute approximate surface area is 119 Å². The molecule has 0 aliphatic heterocycles. The zero-order chi connectivity index (χ0) is 14.5. The summed E-state index contributed by atoms with van der Waals surface area (Å²) in [5.74, 6) is -0.0591. The minimum absolute atomic E-state index is 0.0591. The summed E-state index contributed by atoms with van der Waals surface area (Å²) in [5.41, 5.74) is 0.475. The van der Waals surface area contributed by atoms with E-state index >= 15 is 0 Å². The van der Waals surface area contributed by atoms with Crippen molar-refractivity contribution in [3.05, 3.63) is 51.2 Å². The van der Waals surface area contributed by atoms with Gasteiger partial charge in [-0.3, -0.25) is 15.0 Å². The summed E-state index contributed by atoms with van der Waals surface area (Å²) < 4.78 is 5.13. The van der Waals surface area contributed by atoms with Crippen LogP contribution in [0.25, 0.3) is 0 Å². The lowest BCUT2D eigenvalue weighted by Crippen LogP contribution is -2.33. The lowest BCUT2D eigenvalue weighted by molar-refractivity contribution is -0.385. The van der Waals surface area contributed by atoms with Crippen LogP contribution in [0, 0.1) is 10.1 Å². The van der Waals surface area contributed by atoms with E-state index in [0.29, 0.717) is 12.2 Å². The summed E-state index contributed by atoms with van der Waals surface area (Å²) in [6.45, 7) is 2.22. The SMILES string of the molecule is CCN(C(=O)Oc1ccccc1[N+](=O)[O-])c1ccsc1. The number of benzene rings is 1. The Hall–Kier alpha value is -2.41. The third-order valence-corrected chi connectivity index (χ3v) is 3.28. The molecule has 0 spiro atoms. The molecule has 104 valence electrons. The monoisotopic (exact) mass is 292 g/mol. The fraction of sp³-hybridized carbons (Fsp3) is 0.154. The van der Waals surface area contributed by atoms with E-state index in [1.807, 2.05) is 10.8 Å². The zero-order valence-corrected chi connectivity index (χ0v) is 11.5. The lowest BCUT2D eigenvalue weighted by Gasteiger charge is -2.18. The van der Waals surface area contributed by atoms with Crippen LogP contribution in [0.15, 0.2) is 41.1 Å². The number of nitrogens with zero attached hydrogens (tertiary/aromatic N) is 2. The van der Waals surface area contributed by atoms with Gasteiger partial charge in [-0.05, 0) is 24.4 Å². The third-order valence-electron chi connectivity index (χ3n) is 2.61. The molecule has 0 bridgehead atoms. The maximum Gasteiger partial charge on any atom is 0.420 e. The van der Waals surface area contributed by atoms with Crippen LogP contribution in [0.1, 0.15) is 6.92 Å². The van der Waals surface area contributed by atoms with Crippen molar-refractivity contribution in [2.75, 3.05) is 11.4 Å². The Morgan fingerprint density at radius 3 is 2.75 bits per heavy atom. The predicted octanol–water partition coefficient (Wildman–Crippen LogP) is 3.68. The van der Waals surface area contributed by atoms with Gasteiger partial charge in [0.15, 0.2) is 0 Å². The van der Waals surface area contributed by atoms with Gasteiger partial charge in [-0.25, -0.2) is 4.79 Å². The summed E-state index contributed by atoms with van der Waals surface area (Å²) in [4.78, 5) is 23.8. The molecule has 0 atom stereocenters. The molecule has 0 aliphatic carbocycles. The maximum absolute atomic E-state index is 12.1. The van der Waals surface area contributed by atoms with Gasteiger partial charge in [0.05, 0.1) is 10.6 Å². The number of thiophene rings is 1. The van der Waals surface area contributed by atoms with Gasteiger partial charge in [0.25, 0.3) is 0 Å². The van der Waals surface area contributed by atoms with Crippen molar-refractivity contribution < 1.29 is 14.5 Å². The van der Waals surface area contributed by atoms with Gasteiger partial charge in [-0.1, -0.05) is 12.1 Å². The number of anilines is 1. The molecule has 1 aromatic carbocycles. The van der Waals surface area contributed by atoms with Crippen LogP contribution in [0.4, 0.5) is 16.2 Å². The minimum Gasteiger partial charge on any atom is -0.403 e. The van der Waals surface area contributed by atoms with E-state index < -0.39 is 11.0 Å². The fourth-order valence-corrected chi connectivity index (χ4v) is 2.31. The van der Waals surface area contributed by atoms with Crippen LogP contribution < -0.4 is 9.64 Å². The first kappa shape index (κ1) is 14.0. The van der Waals surface area contributed by atoms with Crippen LogP contribution in [0.5, 0.6) is 5.75 Å². The van der Waals surface area contributed by atoms with E-state index in [1.165, 1.54) is 34.4 Å². The second kappa shape index (κ2) is 6.16. The number of carbonyl (C=O) groups excluding carboxylic acids is 1. The normalized spacial score (nSPS) is 10.1. The van der Waals surface area contributed by atoms with Gasteiger partial charge in [0.1, 0.15) is 0 Å². The molecule has 2 aromatic rings. The summed E-state index contributed by atoms with van der Waals surface area (Å²) in [6.07, 6.45) is -0.639. The first-order valence-electron chi connectivity index (χ1n) is 5.88. The average Bonchev–Trinajstić information content (AvgIpc) is 2.94. The molecule has 0 aliphatic rings. The highest BCUT2D eigenvalue weighted by Crippen LogP contribution is 2.27. The molecule has 1 heterocycles. The molecule has 0 saturated carbocycles. The van der Waals surface area contributed by atoms with Gasteiger partial charge in [-0.15, -0.1) is 0 Å². The number of amides is 1. The van der Waals surface area contributed by atoms with Crippen LogP contribution in [-0.2, 0) is 0 Å². The maximum atomic E-state index is 12.1. The molecule has 6 nitrogen and oxygen atoms in total. The molecule has 0 N–H and O–H groups in total. The Kier molecular flexibility index (Phi) is 4.31. The van der Waals surface area contributed by atoms with Crippen molar-refractivity contribution in [3.63, 3.8) is 0 Å². The number of carbonyl (C=O) groups is 1. The van der Waals surface area contributed by atoms with Crippen molar-refractivity contribution in [2.24, 2.45) is 0 Å². The molecule has 2 rings (SSSR count). The smallest absolute Gasteiger partial charge is 0.403 e. The second-order valence-electron chi connectivity index (χ2n) is 3.82. The van der Waals surface area contributed by atoms with E-state index in [4.69, 9.17) is 4.74 Å². The van der Waals surface area contributed by atoms with Gasteiger partial charge in [0.2, 0.25) is 5.75 Å². The average molecular weight is 292 g/mol. The van der Waals surface area contributed by atoms with E-state index in [9.17, 15) is 14.9 Å². The lowest BCUT2D eigenvalue weighted by atomic mass is 10.3. The predicted molar refractivity (Wildman–Crippen MR) is 76.5 cm³/mol. The number of para-hydroxylation sites is 2. The molecule has 7 heteroatoms. The summed E-state index contributed by atoms with van der Waals surface area (Å²) in [6, 6.07) is 7.58. The number of hydrogen-bond donors (Lipinski definition) is 0. The Bertz CT molecular complexity index is 613. The molecule has 0 unspecified atom stereocenters. The zero-order valence-electron chi connectivity index (χ0n) is 10.7. The van der Waals surface area contributed by atoms with Crippen molar-refractivity contribution in [1.82, 2.24) is 0 Å². The Morgan fingerprint density at radius 2 is 2.15 bits per heavy atom. The number of hydrogen-bond acceptors (Lipinski definition) is 5.